The van der Waals surface area contributed by atoms with Gasteiger partial charge in [0.05, 0.1) is 19.8 Å². The molecule has 0 atom stereocenters. The third-order valence-electron chi connectivity index (χ3n) is 6.54. The van der Waals surface area contributed by atoms with Gasteiger partial charge in [0.15, 0.2) is 17.9 Å². The van der Waals surface area contributed by atoms with Crippen LogP contribution in [0, 0.1) is 17.5 Å². The zero-order chi connectivity index (χ0) is 26.2. The molecule has 1 fully saturated rings. The van der Waals surface area contributed by atoms with Crippen LogP contribution in [0.3, 0.4) is 0 Å². The number of halogens is 3. The summed E-state index contributed by atoms with van der Waals surface area (Å²) in [6, 6.07) is 15.0. The van der Waals surface area contributed by atoms with Crippen LogP contribution in [0.25, 0.3) is 22.3 Å². The predicted molar refractivity (Wildman–Crippen MR) is 140 cm³/mol. The third kappa shape index (κ3) is 6.62. The first kappa shape index (κ1) is 27.0. The zero-order valence-electron chi connectivity index (χ0n) is 21.3. The average molecular weight is 511 g/mol. The van der Waals surface area contributed by atoms with Crippen molar-refractivity contribution in [1.82, 2.24) is 0 Å². The van der Waals surface area contributed by atoms with E-state index in [1.54, 1.807) is 30.3 Å². The lowest BCUT2D eigenvalue weighted by molar-refractivity contribution is -0.189. The average Bonchev–Trinajstić information content (AvgIpc) is 2.92. The Bertz CT molecular complexity index is 1200. The molecule has 3 aromatic carbocycles. The van der Waals surface area contributed by atoms with Gasteiger partial charge in [-0.2, -0.15) is 4.39 Å². The normalized spacial score (nSPS) is 17.9. The van der Waals surface area contributed by atoms with Gasteiger partial charge >= 0.3 is 0 Å². The van der Waals surface area contributed by atoms with Crippen LogP contribution in [0.4, 0.5) is 13.2 Å². The monoisotopic (exact) mass is 510 g/mol. The van der Waals surface area contributed by atoms with E-state index < -0.39 is 11.6 Å². The van der Waals surface area contributed by atoms with Gasteiger partial charge in [-0.1, -0.05) is 61.9 Å². The summed E-state index contributed by atoms with van der Waals surface area (Å²) in [6.07, 6.45) is 7.15. The van der Waals surface area contributed by atoms with Crippen LogP contribution < -0.4 is 4.74 Å². The van der Waals surface area contributed by atoms with Crippen molar-refractivity contribution >= 4 is 0 Å². The maximum Gasteiger partial charge on any atom is 0.201 e. The topological polar surface area (TPSA) is 27.7 Å². The molecule has 4 rings (SSSR count). The first-order valence-electron chi connectivity index (χ1n) is 12.9. The molecule has 0 radical (unpaired) electrons. The quantitative estimate of drug-likeness (QED) is 0.202. The van der Waals surface area contributed by atoms with Crippen molar-refractivity contribution in [3.63, 3.8) is 0 Å². The Morgan fingerprint density at radius 3 is 2.27 bits per heavy atom. The fraction of sp³-hybridized carbons (Fsp3) is 0.355. The number of hydrogen-bond donors (Lipinski definition) is 0. The standard InChI is InChI=1S/C31H33F3O3/c1-3-5-7-8-29-36-19-24(20-37-29)25-14-13-23(18-27(25)32)21-9-11-22(12-10-21)26-15-16-28(31(34)30(26)33)35-17-6-4-2/h3,5,9-16,18,24,29H,4,6-8,17,19-20H2,1-2H3/b5-3+. The van der Waals surface area contributed by atoms with Crippen LogP contribution in [0.5, 0.6) is 5.75 Å². The summed E-state index contributed by atoms with van der Waals surface area (Å²) in [5.74, 6) is -2.51. The minimum absolute atomic E-state index is 0.0835. The van der Waals surface area contributed by atoms with Crippen molar-refractivity contribution < 1.29 is 27.4 Å². The number of allylic oxidation sites excluding steroid dienone is 2. The molecule has 196 valence electrons. The van der Waals surface area contributed by atoms with Gasteiger partial charge in [-0.3, -0.25) is 0 Å². The molecule has 0 bridgehead atoms. The van der Waals surface area contributed by atoms with Gasteiger partial charge in [0.1, 0.15) is 5.82 Å². The number of ether oxygens (including phenoxy) is 3. The maximum absolute atomic E-state index is 15.0. The lowest BCUT2D eigenvalue weighted by atomic mass is 9.95. The Morgan fingerprint density at radius 2 is 1.59 bits per heavy atom. The van der Waals surface area contributed by atoms with E-state index in [4.69, 9.17) is 14.2 Å². The summed E-state index contributed by atoms with van der Waals surface area (Å²) in [6.45, 7) is 5.14. The molecule has 1 aliphatic rings. The van der Waals surface area contributed by atoms with Gasteiger partial charge in [-0.15, -0.1) is 0 Å². The Balaban J connectivity index is 1.43. The van der Waals surface area contributed by atoms with Crippen LogP contribution in [-0.4, -0.2) is 26.1 Å². The molecule has 1 saturated heterocycles. The molecule has 37 heavy (non-hydrogen) atoms. The molecule has 0 amide bonds. The van der Waals surface area contributed by atoms with E-state index in [0.717, 1.165) is 31.2 Å². The van der Waals surface area contributed by atoms with E-state index in [1.807, 2.05) is 26.0 Å². The van der Waals surface area contributed by atoms with Crippen molar-refractivity contribution in [3.05, 3.63) is 89.8 Å². The smallest absolute Gasteiger partial charge is 0.201 e. The molecular formula is C31H33F3O3. The fourth-order valence-corrected chi connectivity index (χ4v) is 4.36. The first-order chi connectivity index (χ1) is 18.0. The minimum Gasteiger partial charge on any atom is -0.490 e. The number of benzene rings is 3. The van der Waals surface area contributed by atoms with Gasteiger partial charge in [0, 0.05) is 17.9 Å². The Labute approximate surface area is 216 Å². The predicted octanol–water partition coefficient (Wildman–Crippen LogP) is 8.43. The second kappa shape index (κ2) is 12.9. The molecule has 0 N–H and O–H groups in total. The lowest BCUT2D eigenvalue weighted by Gasteiger charge is -2.29. The summed E-state index contributed by atoms with van der Waals surface area (Å²) in [4.78, 5) is 0. The summed E-state index contributed by atoms with van der Waals surface area (Å²) >= 11 is 0. The molecule has 0 unspecified atom stereocenters. The van der Waals surface area contributed by atoms with E-state index in [2.05, 4.69) is 6.08 Å². The van der Waals surface area contributed by atoms with E-state index in [1.165, 1.54) is 18.2 Å². The SMILES string of the molecule is C/C=C/CCC1OCC(c2ccc(-c3ccc(-c4ccc(OCCCC)c(F)c4F)cc3)cc2F)CO1. The highest BCUT2D eigenvalue weighted by atomic mass is 19.2. The maximum atomic E-state index is 15.0. The van der Waals surface area contributed by atoms with Crippen LogP contribution in [0.1, 0.15) is 51.0 Å². The van der Waals surface area contributed by atoms with E-state index in [0.29, 0.717) is 36.5 Å². The van der Waals surface area contributed by atoms with Crippen LogP contribution in [-0.2, 0) is 9.47 Å². The summed E-state index contributed by atoms with van der Waals surface area (Å²) in [7, 11) is 0. The molecule has 1 heterocycles. The van der Waals surface area contributed by atoms with E-state index in [-0.39, 0.29) is 29.3 Å². The fourth-order valence-electron chi connectivity index (χ4n) is 4.36. The molecule has 1 aliphatic heterocycles. The first-order valence-corrected chi connectivity index (χ1v) is 12.9. The van der Waals surface area contributed by atoms with E-state index in [9.17, 15) is 8.78 Å². The van der Waals surface area contributed by atoms with Crippen molar-refractivity contribution in [1.29, 1.82) is 0 Å². The molecule has 3 nitrogen and oxygen atoms in total. The Kier molecular flexibility index (Phi) is 9.42. The van der Waals surface area contributed by atoms with Crippen molar-refractivity contribution in [2.45, 2.75) is 51.7 Å². The van der Waals surface area contributed by atoms with Crippen molar-refractivity contribution in [3.8, 4) is 28.0 Å². The number of hydrogen-bond acceptors (Lipinski definition) is 3. The second-order valence-electron chi connectivity index (χ2n) is 9.19. The number of rotatable bonds is 10. The van der Waals surface area contributed by atoms with Crippen molar-refractivity contribution in [2.24, 2.45) is 0 Å². The van der Waals surface area contributed by atoms with Gasteiger partial charge in [-0.25, -0.2) is 8.78 Å². The molecule has 0 aromatic heterocycles. The van der Waals surface area contributed by atoms with E-state index >= 15 is 4.39 Å². The summed E-state index contributed by atoms with van der Waals surface area (Å²) in [5.41, 5.74) is 2.70. The van der Waals surface area contributed by atoms with Crippen LogP contribution >= 0.6 is 0 Å². The molecule has 6 heteroatoms. The lowest BCUT2D eigenvalue weighted by Crippen LogP contribution is -2.31. The minimum atomic E-state index is -0.991. The molecule has 0 saturated carbocycles. The highest BCUT2D eigenvalue weighted by Gasteiger charge is 2.25. The summed E-state index contributed by atoms with van der Waals surface area (Å²) < 4.78 is 61.1. The third-order valence-corrected chi connectivity index (χ3v) is 6.54. The second-order valence-corrected chi connectivity index (χ2v) is 9.19. The van der Waals surface area contributed by atoms with Crippen LogP contribution in [0.15, 0.2) is 66.7 Å². The molecular weight excluding hydrogens is 477 g/mol. The Hall–Kier alpha value is -3.09. The molecule has 3 aromatic rings. The van der Waals surface area contributed by atoms with Gasteiger partial charge in [0.25, 0.3) is 0 Å². The number of unbranched alkanes of at least 4 members (excludes halogenated alkanes) is 1. The van der Waals surface area contributed by atoms with Gasteiger partial charge < -0.3 is 14.2 Å². The highest BCUT2D eigenvalue weighted by molar-refractivity contribution is 5.71. The van der Waals surface area contributed by atoms with Crippen LogP contribution in [0.2, 0.25) is 0 Å². The zero-order valence-corrected chi connectivity index (χ0v) is 21.3. The van der Waals surface area contributed by atoms with Crippen molar-refractivity contribution in [2.75, 3.05) is 19.8 Å². The van der Waals surface area contributed by atoms with Gasteiger partial charge in [-0.05, 0) is 60.2 Å². The molecule has 0 spiro atoms. The largest absolute Gasteiger partial charge is 0.490 e. The molecule has 0 aliphatic carbocycles. The highest BCUT2D eigenvalue weighted by Crippen LogP contribution is 2.33. The Morgan fingerprint density at radius 1 is 0.892 bits per heavy atom. The van der Waals surface area contributed by atoms with Gasteiger partial charge in [0.2, 0.25) is 5.82 Å². The summed E-state index contributed by atoms with van der Waals surface area (Å²) in [5, 5.41) is 0.